The monoisotopic (exact) mass is 254 g/mol. The van der Waals surface area contributed by atoms with Gasteiger partial charge in [-0.2, -0.15) is 5.10 Å². The lowest BCUT2D eigenvalue weighted by Gasteiger charge is -2.10. The van der Waals surface area contributed by atoms with Gasteiger partial charge in [0.2, 0.25) is 0 Å². The summed E-state index contributed by atoms with van der Waals surface area (Å²) < 4.78 is 4.27. The van der Waals surface area contributed by atoms with E-state index in [-0.39, 0.29) is 0 Å². The maximum atomic E-state index is 4.25. The minimum Gasteiger partial charge on any atom is -0.345 e. The third-order valence-corrected chi connectivity index (χ3v) is 3.37. The van der Waals surface area contributed by atoms with Crippen LogP contribution in [0.3, 0.4) is 0 Å². The molecule has 0 aliphatic carbocycles. The van der Waals surface area contributed by atoms with E-state index in [0.717, 1.165) is 19.6 Å². The Kier molecular flexibility index (Phi) is 3.33. The zero-order valence-electron chi connectivity index (χ0n) is 11.1. The van der Waals surface area contributed by atoms with Crippen LogP contribution in [0.2, 0.25) is 0 Å². The average Bonchev–Trinajstić information content (AvgIpc) is 3.06. The number of benzene rings is 1. The van der Waals surface area contributed by atoms with Crippen LogP contribution < -0.4 is 5.32 Å². The molecule has 2 aromatic heterocycles. The minimum absolute atomic E-state index is 0.892. The highest BCUT2D eigenvalue weighted by molar-refractivity contribution is 5.83. The molecule has 1 aromatic carbocycles. The summed E-state index contributed by atoms with van der Waals surface area (Å²) in [7, 11) is 1.98. The van der Waals surface area contributed by atoms with E-state index in [2.05, 4.69) is 45.4 Å². The van der Waals surface area contributed by atoms with Crippen LogP contribution in [0, 0.1) is 0 Å². The van der Waals surface area contributed by atoms with Crippen molar-refractivity contribution in [3.05, 3.63) is 54.5 Å². The van der Waals surface area contributed by atoms with Crippen LogP contribution in [0.5, 0.6) is 0 Å². The van der Waals surface area contributed by atoms with Crippen molar-refractivity contribution in [2.75, 3.05) is 7.05 Å². The first-order chi connectivity index (χ1) is 9.38. The summed E-state index contributed by atoms with van der Waals surface area (Å²) >= 11 is 0. The van der Waals surface area contributed by atoms with Gasteiger partial charge in [-0.3, -0.25) is 4.68 Å². The standard InChI is InChI=1S/C15H18N4/c1-16-12-14-5-2-4-13-6-9-18(15(13)14)10-11-19-8-3-7-17-19/h2-9,16H,10-12H2,1H3. The first-order valence-corrected chi connectivity index (χ1v) is 6.57. The summed E-state index contributed by atoms with van der Waals surface area (Å²) in [5.74, 6) is 0. The second-order valence-electron chi connectivity index (χ2n) is 4.66. The van der Waals surface area contributed by atoms with Crippen molar-refractivity contribution >= 4 is 10.9 Å². The molecule has 0 aliphatic heterocycles. The summed E-state index contributed by atoms with van der Waals surface area (Å²) in [4.78, 5) is 0. The molecule has 19 heavy (non-hydrogen) atoms. The van der Waals surface area contributed by atoms with Crippen molar-refractivity contribution < 1.29 is 0 Å². The molecule has 98 valence electrons. The van der Waals surface area contributed by atoms with E-state index in [1.165, 1.54) is 16.5 Å². The molecule has 4 nitrogen and oxygen atoms in total. The minimum atomic E-state index is 0.892. The van der Waals surface area contributed by atoms with Crippen molar-refractivity contribution in [1.82, 2.24) is 19.7 Å². The number of hydrogen-bond donors (Lipinski definition) is 1. The first-order valence-electron chi connectivity index (χ1n) is 6.57. The van der Waals surface area contributed by atoms with Crippen LogP contribution in [-0.2, 0) is 19.6 Å². The Hall–Kier alpha value is -2.07. The number of rotatable bonds is 5. The van der Waals surface area contributed by atoms with Crippen LogP contribution in [0.1, 0.15) is 5.56 Å². The van der Waals surface area contributed by atoms with Gasteiger partial charge in [0.1, 0.15) is 0 Å². The Morgan fingerprint density at radius 1 is 1.11 bits per heavy atom. The molecule has 1 N–H and O–H groups in total. The Morgan fingerprint density at radius 2 is 2.05 bits per heavy atom. The van der Waals surface area contributed by atoms with Gasteiger partial charge in [-0.25, -0.2) is 0 Å². The van der Waals surface area contributed by atoms with Crippen LogP contribution in [0.15, 0.2) is 48.9 Å². The number of fused-ring (bicyclic) bond motifs is 1. The van der Waals surface area contributed by atoms with E-state index < -0.39 is 0 Å². The highest BCUT2D eigenvalue weighted by Crippen LogP contribution is 2.20. The van der Waals surface area contributed by atoms with Gasteiger partial charge in [0, 0.05) is 31.7 Å². The molecule has 0 radical (unpaired) electrons. The third-order valence-electron chi connectivity index (χ3n) is 3.37. The Morgan fingerprint density at radius 3 is 2.84 bits per heavy atom. The van der Waals surface area contributed by atoms with Crippen molar-refractivity contribution in [2.45, 2.75) is 19.6 Å². The van der Waals surface area contributed by atoms with Crippen LogP contribution >= 0.6 is 0 Å². The molecule has 0 fully saturated rings. The second-order valence-corrected chi connectivity index (χ2v) is 4.66. The molecule has 0 unspecified atom stereocenters. The van der Waals surface area contributed by atoms with Crippen molar-refractivity contribution in [1.29, 1.82) is 0 Å². The van der Waals surface area contributed by atoms with Crippen LogP contribution in [0.25, 0.3) is 10.9 Å². The molecule has 0 bridgehead atoms. The Balaban J connectivity index is 1.90. The molecule has 0 aliphatic rings. The number of nitrogens with zero attached hydrogens (tertiary/aromatic N) is 3. The molecule has 0 amide bonds. The van der Waals surface area contributed by atoms with Gasteiger partial charge in [0.15, 0.2) is 0 Å². The van der Waals surface area contributed by atoms with E-state index >= 15 is 0 Å². The Bertz CT molecular complexity index is 652. The van der Waals surface area contributed by atoms with Gasteiger partial charge in [-0.1, -0.05) is 18.2 Å². The van der Waals surface area contributed by atoms with E-state index in [1.54, 1.807) is 0 Å². The lowest BCUT2D eigenvalue weighted by Crippen LogP contribution is -2.10. The lowest BCUT2D eigenvalue weighted by molar-refractivity contribution is 0.542. The molecule has 4 heteroatoms. The van der Waals surface area contributed by atoms with E-state index in [1.807, 2.05) is 30.2 Å². The number of para-hydroxylation sites is 1. The molecule has 0 saturated heterocycles. The van der Waals surface area contributed by atoms with Gasteiger partial charge in [-0.15, -0.1) is 0 Å². The smallest absolute Gasteiger partial charge is 0.0588 e. The summed E-state index contributed by atoms with van der Waals surface area (Å²) in [5.41, 5.74) is 2.66. The molecule has 3 aromatic rings. The molecule has 0 atom stereocenters. The first kappa shape index (κ1) is 12.0. The van der Waals surface area contributed by atoms with Crippen molar-refractivity contribution in [2.24, 2.45) is 0 Å². The fourth-order valence-corrected chi connectivity index (χ4v) is 2.50. The van der Waals surface area contributed by atoms with E-state index in [9.17, 15) is 0 Å². The normalized spacial score (nSPS) is 11.2. The third kappa shape index (κ3) is 2.39. The van der Waals surface area contributed by atoms with E-state index in [0.29, 0.717) is 0 Å². The molecule has 0 saturated carbocycles. The van der Waals surface area contributed by atoms with Crippen LogP contribution in [-0.4, -0.2) is 21.4 Å². The average molecular weight is 254 g/mol. The summed E-state index contributed by atoms with van der Waals surface area (Å²) in [6.45, 7) is 2.72. The molecule has 3 rings (SSSR count). The van der Waals surface area contributed by atoms with Gasteiger partial charge in [0.05, 0.1) is 12.1 Å². The molecular weight excluding hydrogens is 236 g/mol. The van der Waals surface area contributed by atoms with Gasteiger partial charge in [-0.05, 0) is 30.1 Å². The quantitative estimate of drug-likeness (QED) is 0.758. The highest BCUT2D eigenvalue weighted by Gasteiger charge is 2.06. The predicted octanol–water partition coefficient (Wildman–Crippen LogP) is 2.26. The predicted molar refractivity (Wildman–Crippen MR) is 76.9 cm³/mol. The largest absolute Gasteiger partial charge is 0.345 e. The second kappa shape index (κ2) is 5.28. The van der Waals surface area contributed by atoms with Crippen molar-refractivity contribution in [3.63, 3.8) is 0 Å². The summed E-state index contributed by atoms with van der Waals surface area (Å²) in [5, 5.41) is 8.78. The highest BCUT2D eigenvalue weighted by atomic mass is 15.3. The lowest BCUT2D eigenvalue weighted by atomic mass is 10.1. The fourth-order valence-electron chi connectivity index (χ4n) is 2.50. The zero-order valence-corrected chi connectivity index (χ0v) is 11.1. The summed E-state index contributed by atoms with van der Waals surface area (Å²) in [6, 6.07) is 10.6. The number of hydrogen-bond acceptors (Lipinski definition) is 2. The topological polar surface area (TPSA) is 34.8 Å². The van der Waals surface area contributed by atoms with Gasteiger partial charge >= 0.3 is 0 Å². The van der Waals surface area contributed by atoms with Crippen molar-refractivity contribution in [3.8, 4) is 0 Å². The number of aromatic nitrogens is 3. The SMILES string of the molecule is CNCc1cccc2ccn(CCn3cccn3)c12. The number of aryl methyl sites for hydroxylation is 2. The van der Waals surface area contributed by atoms with Gasteiger partial charge in [0.25, 0.3) is 0 Å². The maximum absolute atomic E-state index is 4.25. The zero-order chi connectivity index (χ0) is 13.1. The number of nitrogens with one attached hydrogen (secondary N) is 1. The van der Waals surface area contributed by atoms with Gasteiger partial charge < -0.3 is 9.88 Å². The molecule has 0 spiro atoms. The molecule has 2 heterocycles. The maximum Gasteiger partial charge on any atom is 0.0588 e. The van der Waals surface area contributed by atoms with E-state index in [4.69, 9.17) is 0 Å². The van der Waals surface area contributed by atoms with Crippen LogP contribution in [0.4, 0.5) is 0 Å². The summed E-state index contributed by atoms with van der Waals surface area (Å²) in [6.07, 6.45) is 5.98. The fraction of sp³-hybridized carbons (Fsp3) is 0.267. The molecular formula is C15H18N4. The Labute approximate surface area is 112 Å².